The molecule has 1 heterocycles. The Hall–Kier alpha value is -1.67. The number of thioether (sulfide) groups is 1. The van der Waals surface area contributed by atoms with Gasteiger partial charge in [0.05, 0.1) is 11.7 Å². The molecule has 0 spiro atoms. The van der Waals surface area contributed by atoms with Crippen LogP contribution in [0.1, 0.15) is 21.5 Å². The lowest BCUT2D eigenvalue weighted by Gasteiger charge is -2.29. The normalized spacial score (nSPS) is 16.9. The Kier molecular flexibility index (Phi) is 4.79. The largest absolute Gasteiger partial charge is 0.547 e. The molecule has 0 bridgehead atoms. The first-order valence-electron chi connectivity index (χ1n) is 6.42. The Morgan fingerprint density at radius 3 is 2.86 bits per heavy atom. The van der Waals surface area contributed by atoms with Gasteiger partial charge < -0.3 is 20.1 Å². The molecule has 2 rings (SSSR count). The highest BCUT2D eigenvalue weighted by Gasteiger charge is 2.38. The molecule has 1 atom stereocenters. The van der Waals surface area contributed by atoms with E-state index in [0.29, 0.717) is 23.3 Å². The van der Waals surface area contributed by atoms with Crippen molar-refractivity contribution in [3.63, 3.8) is 0 Å². The van der Waals surface area contributed by atoms with E-state index in [-0.39, 0.29) is 17.2 Å². The fourth-order valence-electron chi connectivity index (χ4n) is 2.33. The van der Waals surface area contributed by atoms with E-state index in [1.165, 1.54) is 11.8 Å². The average Bonchev–Trinajstić information content (AvgIpc) is 2.39. The monoisotopic (exact) mass is 309 g/mol. The highest BCUT2D eigenvalue weighted by molar-refractivity contribution is 7.99. The SMILES string of the molecule is CSCC(=O)NC1Cc2ccc(C)c(C(=O)O)c2OB1O. The number of benzene rings is 1. The van der Waals surface area contributed by atoms with E-state index in [9.17, 15) is 19.7 Å². The van der Waals surface area contributed by atoms with Crippen LogP contribution in [0.3, 0.4) is 0 Å². The molecule has 1 aromatic rings. The van der Waals surface area contributed by atoms with Gasteiger partial charge in [-0.3, -0.25) is 4.79 Å². The van der Waals surface area contributed by atoms with Crippen LogP contribution in [-0.4, -0.2) is 47.1 Å². The van der Waals surface area contributed by atoms with Crippen molar-refractivity contribution in [2.75, 3.05) is 12.0 Å². The van der Waals surface area contributed by atoms with Crippen molar-refractivity contribution in [1.82, 2.24) is 5.32 Å². The summed E-state index contributed by atoms with van der Waals surface area (Å²) in [6.07, 6.45) is 2.14. The van der Waals surface area contributed by atoms with E-state index < -0.39 is 19.0 Å². The number of aryl methyl sites for hydroxylation is 1. The third-order valence-electron chi connectivity index (χ3n) is 3.31. The minimum Gasteiger partial charge on any atom is -0.534 e. The summed E-state index contributed by atoms with van der Waals surface area (Å²) in [7, 11) is -1.26. The number of carbonyl (C=O) groups is 2. The number of carbonyl (C=O) groups excluding carboxylic acids is 1. The van der Waals surface area contributed by atoms with E-state index in [1.807, 2.05) is 6.26 Å². The summed E-state index contributed by atoms with van der Waals surface area (Å²) in [5, 5.41) is 21.9. The van der Waals surface area contributed by atoms with Crippen LogP contribution in [0, 0.1) is 6.92 Å². The average molecular weight is 309 g/mol. The molecule has 112 valence electrons. The number of hydrogen-bond acceptors (Lipinski definition) is 5. The van der Waals surface area contributed by atoms with Gasteiger partial charge in [0.2, 0.25) is 5.91 Å². The summed E-state index contributed by atoms with van der Waals surface area (Å²) in [6, 6.07) is 3.46. The Morgan fingerprint density at radius 1 is 1.52 bits per heavy atom. The first-order valence-corrected chi connectivity index (χ1v) is 7.82. The van der Waals surface area contributed by atoms with Crippen molar-refractivity contribution < 1.29 is 24.4 Å². The molecule has 6 nitrogen and oxygen atoms in total. The summed E-state index contributed by atoms with van der Waals surface area (Å²) < 4.78 is 5.35. The predicted octanol–water partition coefficient (Wildman–Crippen LogP) is 0.496. The molecule has 0 radical (unpaired) electrons. The Labute approximate surface area is 127 Å². The number of amides is 1. The fourth-order valence-corrected chi connectivity index (χ4v) is 2.67. The van der Waals surface area contributed by atoms with Crippen LogP contribution in [-0.2, 0) is 11.2 Å². The standard InChI is InChI=1S/C13H16BNO5S/c1-7-3-4-8-5-9(15-10(16)6-21-2)14(19)20-12(8)11(7)13(17)18/h3-4,9,19H,5-6H2,1-2H3,(H,15,16)(H,17,18). The highest BCUT2D eigenvalue weighted by atomic mass is 32.2. The van der Waals surface area contributed by atoms with Crippen molar-refractivity contribution in [2.24, 2.45) is 0 Å². The van der Waals surface area contributed by atoms with Gasteiger partial charge in [0.15, 0.2) is 0 Å². The van der Waals surface area contributed by atoms with Crippen molar-refractivity contribution in [3.05, 3.63) is 28.8 Å². The van der Waals surface area contributed by atoms with Crippen LogP contribution in [0.25, 0.3) is 0 Å². The summed E-state index contributed by atoms with van der Waals surface area (Å²) in [5.74, 6) is -1.39. The summed E-state index contributed by atoms with van der Waals surface area (Å²) >= 11 is 1.38. The first kappa shape index (κ1) is 15.7. The second kappa shape index (κ2) is 6.40. The van der Waals surface area contributed by atoms with Gasteiger partial charge in [-0.25, -0.2) is 4.79 Å². The number of aromatic carboxylic acids is 1. The van der Waals surface area contributed by atoms with Crippen molar-refractivity contribution in [2.45, 2.75) is 19.3 Å². The Bertz CT molecular complexity index is 580. The van der Waals surface area contributed by atoms with Gasteiger partial charge in [-0.1, -0.05) is 12.1 Å². The number of rotatable bonds is 4. The second-order valence-electron chi connectivity index (χ2n) is 4.87. The molecular formula is C13H16BNO5S. The minimum atomic E-state index is -1.26. The zero-order valence-corrected chi connectivity index (χ0v) is 12.6. The van der Waals surface area contributed by atoms with Crippen molar-refractivity contribution in [3.8, 4) is 5.75 Å². The number of fused-ring (bicyclic) bond motifs is 1. The molecule has 8 heteroatoms. The van der Waals surface area contributed by atoms with Gasteiger partial charge in [0.1, 0.15) is 11.3 Å². The molecule has 0 saturated carbocycles. The van der Waals surface area contributed by atoms with E-state index in [0.717, 1.165) is 0 Å². The number of carboxylic acids is 1. The van der Waals surface area contributed by atoms with Crippen LogP contribution in [0.15, 0.2) is 12.1 Å². The maximum absolute atomic E-state index is 11.6. The zero-order chi connectivity index (χ0) is 15.6. The molecule has 1 aliphatic heterocycles. The fraction of sp³-hybridized carbons (Fsp3) is 0.385. The number of hydrogen-bond donors (Lipinski definition) is 3. The van der Waals surface area contributed by atoms with Gasteiger partial charge in [0, 0.05) is 0 Å². The van der Waals surface area contributed by atoms with Crippen LogP contribution >= 0.6 is 11.8 Å². The second-order valence-corrected chi connectivity index (χ2v) is 5.74. The van der Waals surface area contributed by atoms with Crippen LogP contribution in [0.5, 0.6) is 5.75 Å². The topological polar surface area (TPSA) is 95.9 Å². The Balaban J connectivity index is 2.26. The van der Waals surface area contributed by atoms with Gasteiger partial charge >= 0.3 is 13.1 Å². The molecule has 1 unspecified atom stereocenters. The van der Waals surface area contributed by atoms with Gasteiger partial charge in [0.25, 0.3) is 0 Å². The number of nitrogens with one attached hydrogen (secondary N) is 1. The predicted molar refractivity (Wildman–Crippen MR) is 80.8 cm³/mol. The van der Waals surface area contributed by atoms with Crippen molar-refractivity contribution >= 4 is 30.8 Å². The third kappa shape index (κ3) is 3.33. The van der Waals surface area contributed by atoms with E-state index in [2.05, 4.69) is 5.32 Å². The molecule has 21 heavy (non-hydrogen) atoms. The smallest absolute Gasteiger partial charge is 0.534 e. The van der Waals surface area contributed by atoms with Gasteiger partial charge in [-0.15, -0.1) is 0 Å². The molecule has 3 N–H and O–H groups in total. The van der Waals surface area contributed by atoms with Gasteiger partial charge in [-0.2, -0.15) is 11.8 Å². The molecule has 1 amide bonds. The van der Waals surface area contributed by atoms with E-state index >= 15 is 0 Å². The summed E-state index contributed by atoms with van der Waals surface area (Å²) in [6.45, 7) is 1.67. The first-order chi connectivity index (χ1) is 9.93. The zero-order valence-electron chi connectivity index (χ0n) is 11.8. The molecule has 0 fully saturated rings. The lowest BCUT2D eigenvalue weighted by atomic mass is 9.72. The molecule has 1 aromatic carbocycles. The van der Waals surface area contributed by atoms with Gasteiger partial charge in [-0.05, 0) is 30.7 Å². The molecule has 0 aromatic heterocycles. The lowest BCUT2D eigenvalue weighted by Crippen LogP contribution is -2.53. The van der Waals surface area contributed by atoms with Crippen LogP contribution < -0.4 is 9.97 Å². The lowest BCUT2D eigenvalue weighted by molar-refractivity contribution is -0.118. The maximum Gasteiger partial charge on any atom is 0.547 e. The van der Waals surface area contributed by atoms with E-state index in [4.69, 9.17) is 4.65 Å². The maximum atomic E-state index is 11.6. The molecule has 1 aliphatic rings. The Morgan fingerprint density at radius 2 is 2.24 bits per heavy atom. The number of carboxylic acid groups (broad SMARTS) is 1. The molecule has 0 aliphatic carbocycles. The molecular weight excluding hydrogens is 293 g/mol. The third-order valence-corrected chi connectivity index (χ3v) is 3.86. The van der Waals surface area contributed by atoms with E-state index in [1.54, 1.807) is 19.1 Å². The highest BCUT2D eigenvalue weighted by Crippen LogP contribution is 2.32. The minimum absolute atomic E-state index is 0.0560. The quantitative estimate of drug-likeness (QED) is 0.701. The van der Waals surface area contributed by atoms with Crippen LogP contribution in [0.4, 0.5) is 0 Å². The molecule has 0 saturated heterocycles. The summed E-state index contributed by atoms with van der Waals surface area (Å²) in [5.41, 5.74) is 1.29. The summed E-state index contributed by atoms with van der Waals surface area (Å²) in [4.78, 5) is 22.9. The van der Waals surface area contributed by atoms with Crippen molar-refractivity contribution in [1.29, 1.82) is 0 Å². The van der Waals surface area contributed by atoms with Crippen LogP contribution in [0.2, 0.25) is 0 Å².